The fraction of sp³-hybridized carbons (Fsp3) is 1.00. The molecule has 2 N–H and O–H groups in total. The normalized spacial score (nSPS) is 51.7. The van der Waals surface area contributed by atoms with Crippen molar-refractivity contribution >= 4 is 0 Å². The van der Waals surface area contributed by atoms with Gasteiger partial charge in [0.25, 0.3) is 0 Å². The fourth-order valence-corrected chi connectivity index (χ4v) is 6.19. The lowest BCUT2D eigenvalue weighted by Crippen LogP contribution is -2.64. The molecular formula is C16H29NO. The fourth-order valence-electron chi connectivity index (χ4n) is 6.19. The Bertz CT molecular complexity index is 320. The highest BCUT2D eigenvalue weighted by atomic mass is 16.3. The first-order chi connectivity index (χ1) is 8.32. The van der Waals surface area contributed by atoms with Crippen LogP contribution in [0.4, 0.5) is 0 Å². The van der Waals surface area contributed by atoms with Crippen LogP contribution in [0.1, 0.15) is 65.7 Å². The molecule has 4 aliphatic rings. The van der Waals surface area contributed by atoms with E-state index in [4.69, 9.17) is 0 Å². The minimum absolute atomic E-state index is 0.169. The van der Waals surface area contributed by atoms with Crippen molar-refractivity contribution in [2.75, 3.05) is 6.54 Å². The second kappa shape index (κ2) is 3.96. The third kappa shape index (κ3) is 2.22. The van der Waals surface area contributed by atoms with Gasteiger partial charge >= 0.3 is 0 Å². The highest BCUT2D eigenvalue weighted by Crippen LogP contribution is 2.66. The Morgan fingerprint density at radius 2 is 1.72 bits per heavy atom. The molecule has 0 radical (unpaired) electrons. The van der Waals surface area contributed by atoms with Gasteiger partial charge in [-0.3, -0.25) is 0 Å². The smallest absolute Gasteiger partial charge is 0.0524 e. The molecule has 0 aromatic rings. The summed E-state index contributed by atoms with van der Waals surface area (Å²) in [7, 11) is 0. The summed E-state index contributed by atoms with van der Waals surface area (Å²) >= 11 is 0. The van der Waals surface area contributed by atoms with Gasteiger partial charge in [0.05, 0.1) is 6.10 Å². The maximum atomic E-state index is 9.43. The van der Waals surface area contributed by atoms with E-state index >= 15 is 0 Å². The van der Waals surface area contributed by atoms with Crippen molar-refractivity contribution < 1.29 is 5.11 Å². The van der Waals surface area contributed by atoms with E-state index in [-0.39, 0.29) is 6.10 Å². The molecule has 4 fully saturated rings. The van der Waals surface area contributed by atoms with Gasteiger partial charge in [-0.1, -0.05) is 13.8 Å². The van der Waals surface area contributed by atoms with Crippen LogP contribution in [-0.4, -0.2) is 23.3 Å². The summed E-state index contributed by atoms with van der Waals surface area (Å²) in [5.74, 6) is 0.954. The summed E-state index contributed by atoms with van der Waals surface area (Å²) in [5.41, 5.74) is 1.58. The van der Waals surface area contributed by atoms with Crippen LogP contribution in [0, 0.1) is 16.7 Å². The maximum absolute atomic E-state index is 9.43. The Morgan fingerprint density at radius 3 is 2.22 bits per heavy atom. The van der Waals surface area contributed by atoms with E-state index in [1.54, 1.807) is 0 Å². The van der Waals surface area contributed by atoms with E-state index in [9.17, 15) is 5.11 Å². The zero-order chi connectivity index (χ0) is 13.0. The Hall–Kier alpha value is -0.0800. The zero-order valence-electron chi connectivity index (χ0n) is 12.3. The van der Waals surface area contributed by atoms with Gasteiger partial charge in [-0.2, -0.15) is 0 Å². The summed E-state index contributed by atoms with van der Waals surface area (Å²) in [4.78, 5) is 0. The van der Waals surface area contributed by atoms with Crippen molar-refractivity contribution in [1.29, 1.82) is 0 Å². The van der Waals surface area contributed by atoms with Crippen LogP contribution in [-0.2, 0) is 0 Å². The first-order valence-corrected chi connectivity index (χ1v) is 7.75. The minimum Gasteiger partial charge on any atom is -0.393 e. The van der Waals surface area contributed by atoms with E-state index in [2.05, 4.69) is 19.2 Å². The lowest BCUT2D eigenvalue weighted by molar-refractivity contribution is -0.118. The molecular weight excluding hydrogens is 222 g/mol. The predicted octanol–water partition coefficient (Wildman–Crippen LogP) is 3.10. The van der Waals surface area contributed by atoms with E-state index < -0.39 is 0 Å². The third-order valence-corrected chi connectivity index (χ3v) is 5.69. The number of aliphatic hydroxyl groups is 1. The first kappa shape index (κ1) is 12.9. The highest BCUT2D eigenvalue weighted by Gasteiger charge is 2.59. The van der Waals surface area contributed by atoms with E-state index in [1.807, 2.05) is 6.92 Å². The van der Waals surface area contributed by atoms with Crippen molar-refractivity contribution in [3.05, 3.63) is 0 Å². The quantitative estimate of drug-likeness (QED) is 0.804. The Kier molecular flexibility index (Phi) is 2.84. The van der Waals surface area contributed by atoms with Crippen LogP contribution in [0.15, 0.2) is 0 Å². The molecule has 4 bridgehead atoms. The number of nitrogens with one attached hydrogen (secondary N) is 1. The van der Waals surface area contributed by atoms with Crippen LogP contribution in [0.3, 0.4) is 0 Å². The van der Waals surface area contributed by atoms with Crippen molar-refractivity contribution in [2.45, 2.75) is 77.4 Å². The number of rotatable bonds is 4. The topological polar surface area (TPSA) is 32.3 Å². The molecule has 4 aliphatic carbocycles. The molecule has 0 saturated heterocycles. The maximum Gasteiger partial charge on any atom is 0.0524 e. The monoisotopic (exact) mass is 251 g/mol. The molecule has 2 heteroatoms. The molecule has 3 unspecified atom stereocenters. The largest absolute Gasteiger partial charge is 0.393 e. The molecule has 104 valence electrons. The number of aliphatic hydroxyl groups excluding tert-OH is 1. The average molecular weight is 251 g/mol. The summed E-state index contributed by atoms with van der Waals surface area (Å²) in [6.07, 6.45) is 9.20. The summed E-state index contributed by atoms with van der Waals surface area (Å²) in [5, 5.41) is 13.3. The molecule has 0 aromatic heterocycles. The highest BCUT2D eigenvalue weighted by molar-refractivity contribution is 5.14. The van der Waals surface area contributed by atoms with Gasteiger partial charge in [-0.15, -0.1) is 0 Å². The van der Waals surface area contributed by atoms with Crippen LogP contribution in [0.25, 0.3) is 0 Å². The second-order valence-electron chi connectivity index (χ2n) is 8.47. The Labute approximate surface area is 112 Å². The molecule has 2 nitrogen and oxygen atoms in total. The summed E-state index contributed by atoms with van der Waals surface area (Å²) in [6.45, 7) is 7.90. The molecule has 18 heavy (non-hydrogen) atoms. The minimum atomic E-state index is -0.169. The van der Waals surface area contributed by atoms with Gasteiger partial charge in [0.1, 0.15) is 0 Å². The van der Waals surface area contributed by atoms with Gasteiger partial charge in [-0.05, 0) is 75.2 Å². The van der Waals surface area contributed by atoms with Crippen molar-refractivity contribution in [1.82, 2.24) is 5.32 Å². The molecule has 0 spiro atoms. The Balaban J connectivity index is 1.72. The SMILES string of the molecule is CC(O)CCNC12CC3CC(C)(CC(C)(C3)C1)C2. The van der Waals surface area contributed by atoms with Gasteiger partial charge in [-0.25, -0.2) is 0 Å². The molecule has 0 heterocycles. The molecule has 4 saturated carbocycles. The zero-order valence-corrected chi connectivity index (χ0v) is 12.3. The van der Waals surface area contributed by atoms with Crippen molar-refractivity contribution in [3.8, 4) is 0 Å². The van der Waals surface area contributed by atoms with Crippen LogP contribution in [0.2, 0.25) is 0 Å². The molecule has 0 amide bonds. The third-order valence-electron chi connectivity index (χ3n) is 5.69. The van der Waals surface area contributed by atoms with Gasteiger partial charge < -0.3 is 10.4 Å². The second-order valence-corrected chi connectivity index (χ2v) is 8.47. The predicted molar refractivity (Wildman–Crippen MR) is 74.4 cm³/mol. The van der Waals surface area contributed by atoms with E-state index in [0.717, 1.165) is 18.9 Å². The van der Waals surface area contributed by atoms with E-state index in [1.165, 1.54) is 38.5 Å². The van der Waals surface area contributed by atoms with Crippen LogP contribution in [0.5, 0.6) is 0 Å². The number of hydrogen-bond donors (Lipinski definition) is 2. The van der Waals surface area contributed by atoms with E-state index in [0.29, 0.717) is 16.4 Å². The lowest BCUT2D eigenvalue weighted by atomic mass is 9.43. The summed E-state index contributed by atoms with van der Waals surface area (Å²) < 4.78 is 0. The van der Waals surface area contributed by atoms with Crippen LogP contribution >= 0.6 is 0 Å². The van der Waals surface area contributed by atoms with Gasteiger partial charge in [0, 0.05) is 5.54 Å². The number of hydrogen-bond acceptors (Lipinski definition) is 2. The molecule has 0 aliphatic heterocycles. The Morgan fingerprint density at radius 1 is 1.11 bits per heavy atom. The summed E-state index contributed by atoms with van der Waals surface area (Å²) in [6, 6.07) is 0. The average Bonchev–Trinajstić information content (AvgIpc) is 2.09. The standard InChI is InChI=1S/C16H29NO/c1-12(18)4-5-17-16-8-13-6-14(2,10-16)9-15(3,7-13)11-16/h12-13,17-18H,4-11H2,1-3H3. The molecule has 4 rings (SSSR count). The first-order valence-electron chi connectivity index (χ1n) is 7.75. The van der Waals surface area contributed by atoms with Crippen molar-refractivity contribution in [2.24, 2.45) is 16.7 Å². The lowest BCUT2D eigenvalue weighted by Gasteiger charge is -2.65. The molecule has 0 aromatic carbocycles. The van der Waals surface area contributed by atoms with Gasteiger partial charge in [0.15, 0.2) is 0 Å². The molecule has 3 atom stereocenters. The van der Waals surface area contributed by atoms with Crippen molar-refractivity contribution in [3.63, 3.8) is 0 Å². The van der Waals surface area contributed by atoms with Crippen LogP contribution < -0.4 is 5.32 Å². The van der Waals surface area contributed by atoms with Gasteiger partial charge in [0.2, 0.25) is 0 Å².